The van der Waals surface area contributed by atoms with Gasteiger partial charge in [0.25, 0.3) is 0 Å². The van der Waals surface area contributed by atoms with Gasteiger partial charge in [-0.25, -0.2) is 0 Å². The van der Waals surface area contributed by atoms with E-state index in [1.165, 1.54) is 0 Å². The summed E-state index contributed by atoms with van der Waals surface area (Å²) in [4.78, 5) is 7.20. The molecule has 9 nitrogen and oxygen atoms in total. The molecule has 2 N–H and O–H groups in total. The number of hydrogen-bond acceptors (Lipinski definition) is 9. The third kappa shape index (κ3) is 13.2. The van der Waals surface area contributed by atoms with Crippen molar-refractivity contribution in [2.45, 2.75) is 83.1 Å². The molecular weight excluding hydrogens is 519 g/mol. The van der Waals surface area contributed by atoms with E-state index in [2.05, 4.69) is 92.8 Å². The van der Waals surface area contributed by atoms with E-state index in [4.69, 9.17) is 31.7 Å². The van der Waals surface area contributed by atoms with Crippen LogP contribution in [0.2, 0.25) is 0 Å². The molecule has 0 saturated carbocycles. The Morgan fingerprint density at radius 1 is 0.528 bits per heavy atom. The second-order valence-corrected chi connectivity index (χ2v) is 20.1. The number of hydrogen-bond donors (Lipinski definition) is 2. The third-order valence-electron chi connectivity index (χ3n) is 4.50. The SMILES string of the molecule is CC(C)COP1(OCC(C)C)=N[PH](OCC(C)C)(OCC(C)C)N[PH](OCC(C)C)(OCC(C)C)N1. The fraction of sp³-hybridized carbons (Fsp3) is 1.00. The van der Waals surface area contributed by atoms with E-state index >= 15 is 0 Å². The fourth-order valence-corrected chi connectivity index (χ4v) is 16.0. The molecule has 0 atom stereocenters. The van der Waals surface area contributed by atoms with Gasteiger partial charge in [0.15, 0.2) is 0 Å². The van der Waals surface area contributed by atoms with Crippen LogP contribution in [0, 0.1) is 35.5 Å². The Kier molecular flexibility index (Phi) is 15.6. The van der Waals surface area contributed by atoms with Gasteiger partial charge in [-0.1, -0.05) is 0 Å². The molecule has 0 saturated heterocycles. The second kappa shape index (κ2) is 16.1. The molecule has 0 aromatic heterocycles. The molecule has 1 heterocycles. The molecule has 220 valence electrons. The van der Waals surface area contributed by atoms with Crippen molar-refractivity contribution in [3.8, 4) is 0 Å². The van der Waals surface area contributed by atoms with Crippen molar-refractivity contribution >= 4 is 23.7 Å². The van der Waals surface area contributed by atoms with Crippen LogP contribution in [0.5, 0.6) is 0 Å². The van der Waals surface area contributed by atoms with Gasteiger partial charge in [0.1, 0.15) is 0 Å². The summed E-state index contributed by atoms with van der Waals surface area (Å²) in [5.74, 6) is 1.81. The number of nitrogens with zero attached hydrogens (tertiary/aromatic N) is 1. The zero-order valence-electron chi connectivity index (χ0n) is 25.1. The molecule has 0 fully saturated rings. The maximum absolute atomic E-state index is 6.60. The summed E-state index contributed by atoms with van der Waals surface area (Å²) in [6.45, 7) is 28.4. The van der Waals surface area contributed by atoms with Gasteiger partial charge in [-0.3, -0.25) is 0 Å². The molecule has 0 aromatic carbocycles. The average molecular weight is 578 g/mol. The van der Waals surface area contributed by atoms with Gasteiger partial charge < -0.3 is 0 Å². The summed E-state index contributed by atoms with van der Waals surface area (Å²) in [5, 5.41) is 0. The van der Waals surface area contributed by atoms with Crippen LogP contribution in [0.4, 0.5) is 0 Å². The Morgan fingerprint density at radius 3 is 1.19 bits per heavy atom. The summed E-state index contributed by atoms with van der Waals surface area (Å²) in [6, 6.07) is 0. The van der Waals surface area contributed by atoms with E-state index < -0.39 is 23.7 Å². The maximum atomic E-state index is 6.60. The van der Waals surface area contributed by atoms with E-state index in [9.17, 15) is 0 Å². The van der Waals surface area contributed by atoms with Gasteiger partial charge in [-0.15, -0.1) is 0 Å². The molecule has 0 unspecified atom stereocenters. The van der Waals surface area contributed by atoms with Gasteiger partial charge in [0, 0.05) is 0 Å². The quantitative estimate of drug-likeness (QED) is 0.158. The van der Waals surface area contributed by atoms with Gasteiger partial charge in [0.2, 0.25) is 0 Å². The van der Waals surface area contributed by atoms with Gasteiger partial charge in [-0.2, -0.15) is 0 Å². The first-order chi connectivity index (χ1) is 16.6. The summed E-state index contributed by atoms with van der Waals surface area (Å²) in [5.41, 5.74) is 0. The Morgan fingerprint density at radius 2 is 0.861 bits per heavy atom. The van der Waals surface area contributed by atoms with Crippen LogP contribution in [-0.4, -0.2) is 39.6 Å². The molecule has 0 amide bonds. The summed E-state index contributed by atoms with van der Waals surface area (Å²) >= 11 is 0. The zero-order chi connectivity index (χ0) is 27.6. The second-order valence-electron chi connectivity index (χ2n) is 12.3. The third-order valence-corrected chi connectivity index (χ3v) is 14.8. The minimum atomic E-state index is -3.44. The van der Waals surface area contributed by atoms with Crippen LogP contribution in [0.15, 0.2) is 4.52 Å². The average Bonchev–Trinajstić information content (AvgIpc) is 2.76. The van der Waals surface area contributed by atoms with E-state index in [-0.39, 0.29) is 0 Å². The predicted octanol–water partition coefficient (Wildman–Crippen LogP) is 7.98. The van der Waals surface area contributed by atoms with Gasteiger partial charge >= 0.3 is 223 Å². The minimum absolute atomic E-state index is 0.296. The van der Waals surface area contributed by atoms with Crippen LogP contribution in [0.25, 0.3) is 0 Å². The van der Waals surface area contributed by atoms with Crippen LogP contribution in [-0.2, 0) is 27.1 Å². The topological polar surface area (TPSA) is 91.8 Å². The Labute approximate surface area is 223 Å². The van der Waals surface area contributed by atoms with Crippen LogP contribution < -0.4 is 9.72 Å². The van der Waals surface area contributed by atoms with Gasteiger partial charge in [-0.05, 0) is 0 Å². The molecular formula is C24H58N3O6P3. The number of rotatable bonds is 18. The molecule has 0 aliphatic carbocycles. The van der Waals surface area contributed by atoms with E-state index in [1.54, 1.807) is 0 Å². The normalized spacial score (nSPS) is 21.1. The molecule has 1 aliphatic rings. The standard InChI is InChI=1S/C24H58N3O6P3/c1-19(2)13-28-34(29-14-20(3)4)25-35(30-15-21(5)6,31-16-22(7)8)27-36(26-34,32-17-23(9)10)33-18-24(11)12/h19-26,34-35H,13-18H2,1-12H3. The van der Waals surface area contributed by atoms with Crippen molar-refractivity contribution in [1.29, 1.82) is 0 Å². The van der Waals surface area contributed by atoms with Gasteiger partial charge in [0.05, 0.1) is 0 Å². The van der Waals surface area contributed by atoms with Crippen LogP contribution >= 0.6 is 23.7 Å². The summed E-state index contributed by atoms with van der Waals surface area (Å²) in [7, 11) is -9.84. The Hall–Kier alpha value is 0.770. The Balaban J connectivity index is 3.72. The molecule has 36 heavy (non-hydrogen) atoms. The van der Waals surface area contributed by atoms with Crippen molar-refractivity contribution < 1.29 is 27.1 Å². The zero-order valence-corrected chi connectivity index (χ0v) is 27.9. The number of nitrogens with one attached hydrogen (secondary N) is 2. The van der Waals surface area contributed by atoms with Crippen molar-refractivity contribution in [1.82, 2.24) is 9.72 Å². The first kappa shape index (κ1) is 34.8. The molecule has 0 bridgehead atoms. The molecule has 0 aromatic rings. The van der Waals surface area contributed by atoms with E-state index in [1.807, 2.05) is 0 Å². The molecule has 0 radical (unpaired) electrons. The van der Waals surface area contributed by atoms with Crippen molar-refractivity contribution in [2.75, 3.05) is 39.6 Å². The molecule has 0 spiro atoms. The Bertz CT molecular complexity index is 637. The summed E-state index contributed by atoms with van der Waals surface area (Å²) < 4.78 is 44.6. The predicted molar refractivity (Wildman–Crippen MR) is 157 cm³/mol. The summed E-state index contributed by atoms with van der Waals surface area (Å²) in [6.07, 6.45) is 0. The van der Waals surface area contributed by atoms with Crippen LogP contribution in [0.3, 0.4) is 0 Å². The monoisotopic (exact) mass is 577 g/mol. The van der Waals surface area contributed by atoms with Crippen molar-refractivity contribution in [2.24, 2.45) is 40.0 Å². The van der Waals surface area contributed by atoms with E-state index in [0.29, 0.717) is 75.1 Å². The molecule has 1 aliphatic heterocycles. The molecule has 12 heteroatoms. The van der Waals surface area contributed by atoms with Crippen molar-refractivity contribution in [3.63, 3.8) is 0 Å². The van der Waals surface area contributed by atoms with E-state index in [0.717, 1.165) is 0 Å². The first-order valence-electron chi connectivity index (χ1n) is 13.7. The first-order valence-corrected chi connectivity index (χ1v) is 18.8. The van der Waals surface area contributed by atoms with Crippen molar-refractivity contribution in [3.05, 3.63) is 0 Å². The fourth-order valence-electron chi connectivity index (χ4n) is 2.78. The van der Waals surface area contributed by atoms with Crippen LogP contribution in [0.1, 0.15) is 83.1 Å². The molecule has 1 rings (SSSR count).